The summed E-state index contributed by atoms with van der Waals surface area (Å²) >= 11 is 5.81. The number of hydrogen-bond acceptors (Lipinski definition) is 3. The van der Waals surface area contributed by atoms with Gasteiger partial charge in [-0.1, -0.05) is 29.8 Å². The summed E-state index contributed by atoms with van der Waals surface area (Å²) in [7, 11) is 0. The zero-order chi connectivity index (χ0) is 15.2. The summed E-state index contributed by atoms with van der Waals surface area (Å²) in [4.78, 5) is 11.7. The summed E-state index contributed by atoms with van der Waals surface area (Å²) in [6, 6.07) is 12.3. The van der Waals surface area contributed by atoms with Crippen LogP contribution < -0.4 is 10.9 Å². The predicted molar refractivity (Wildman–Crippen MR) is 79.2 cm³/mol. The molecule has 21 heavy (non-hydrogen) atoms. The van der Waals surface area contributed by atoms with Crippen LogP contribution in [-0.2, 0) is 4.79 Å². The first-order valence-corrected chi connectivity index (χ1v) is 6.66. The van der Waals surface area contributed by atoms with E-state index in [1.807, 2.05) is 0 Å². The van der Waals surface area contributed by atoms with Crippen molar-refractivity contribution in [3.8, 4) is 0 Å². The fraction of sp³-hybridized carbons (Fsp3) is 0.133. The van der Waals surface area contributed by atoms with E-state index < -0.39 is 17.8 Å². The van der Waals surface area contributed by atoms with E-state index in [2.05, 4.69) is 10.9 Å². The number of benzene rings is 2. The zero-order valence-electron chi connectivity index (χ0n) is 11.0. The maximum atomic E-state index is 13.0. The van der Waals surface area contributed by atoms with Crippen molar-refractivity contribution in [3.05, 3.63) is 64.9 Å². The molecule has 6 heteroatoms. The Morgan fingerprint density at radius 3 is 2.71 bits per heavy atom. The molecule has 0 aliphatic rings. The molecule has 1 atom stereocenters. The average Bonchev–Trinajstić information content (AvgIpc) is 2.45. The normalized spacial score (nSPS) is 11.8. The van der Waals surface area contributed by atoms with E-state index in [9.17, 15) is 14.3 Å². The Kier molecular flexibility index (Phi) is 5.14. The highest BCUT2D eigenvalue weighted by molar-refractivity contribution is 6.30. The second-order valence-corrected chi connectivity index (χ2v) is 4.89. The Morgan fingerprint density at radius 2 is 2.00 bits per heavy atom. The van der Waals surface area contributed by atoms with Crippen LogP contribution in [0.4, 0.5) is 10.1 Å². The van der Waals surface area contributed by atoms with Gasteiger partial charge >= 0.3 is 0 Å². The molecule has 0 bridgehead atoms. The van der Waals surface area contributed by atoms with Crippen LogP contribution in [-0.4, -0.2) is 11.0 Å². The molecule has 0 radical (unpaired) electrons. The summed E-state index contributed by atoms with van der Waals surface area (Å²) in [5.74, 6) is -0.879. The van der Waals surface area contributed by atoms with Gasteiger partial charge in [-0.15, -0.1) is 0 Å². The molecule has 0 aromatic heterocycles. The molecule has 1 amide bonds. The Bertz CT molecular complexity index is 637. The van der Waals surface area contributed by atoms with E-state index in [1.54, 1.807) is 30.3 Å². The van der Waals surface area contributed by atoms with Gasteiger partial charge in [0.1, 0.15) is 5.82 Å². The van der Waals surface area contributed by atoms with E-state index in [4.69, 9.17) is 11.6 Å². The standard InChI is InChI=1S/C15H14ClFN2O2/c16-11-4-2-6-13(8-11)18-19-15(21)9-14(20)10-3-1-5-12(17)7-10/h1-8,14,18,20H,9H2,(H,19,21). The minimum Gasteiger partial charge on any atom is -0.388 e. The monoisotopic (exact) mass is 308 g/mol. The SMILES string of the molecule is O=C(CC(O)c1cccc(F)c1)NNc1cccc(Cl)c1. The molecule has 2 rings (SSSR count). The molecule has 0 fully saturated rings. The molecule has 1 unspecified atom stereocenters. The number of carbonyl (C=O) groups excluding carboxylic acids is 1. The summed E-state index contributed by atoms with van der Waals surface area (Å²) < 4.78 is 13.0. The lowest BCUT2D eigenvalue weighted by Crippen LogP contribution is -2.30. The smallest absolute Gasteiger partial charge is 0.241 e. The number of aliphatic hydroxyl groups excluding tert-OH is 1. The van der Waals surface area contributed by atoms with Crippen molar-refractivity contribution in [2.75, 3.05) is 5.43 Å². The predicted octanol–water partition coefficient (Wildman–Crippen LogP) is 3.05. The maximum absolute atomic E-state index is 13.0. The molecule has 110 valence electrons. The number of carbonyl (C=O) groups is 1. The first kappa shape index (κ1) is 15.3. The van der Waals surface area contributed by atoms with E-state index >= 15 is 0 Å². The van der Waals surface area contributed by atoms with Crippen molar-refractivity contribution >= 4 is 23.2 Å². The zero-order valence-corrected chi connectivity index (χ0v) is 11.8. The largest absolute Gasteiger partial charge is 0.388 e. The van der Waals surface area contributed by atoms with Crippen LogP contribution in [0.3, 0.4) is 0 Å². The summed E-state index contributed by atoms with van der Waals surface area (Å²) in [6.07, 6.45) is -1.25. The van der Waals surface area contributed by atoms with Gasteiger partial charge in [-0.3, -0.25) is 15.6 Å². The number of amides is 1. The van der Waals surface area contributed by atoms with Crippen molar-refractivity contribution in [2.24, 2.45) is 0 Å². The fourth-order valence-corrected chi connectivity index (χ4v) is 1.96. The highest BCUT2D eigenvalue weighted by Crippen LogP contribution is 2.17. The second-order valence-electron chi connectivity index (χ2n) is 4.46. The molecule has 0 heterocycles. The van der Waals surface area contributed by atoms with Crippen molar-refractivity contribution < 1.29 is 14.3 Å². The van der Waals surface area contributed by atoms with Gasteiger partial charge in [-0.2, -0.15) is 0 Å². The van der Waals surface area contributed by atoms with Gasteiger partial charge in [-0.05, 0) is 35.9 Å². The molecule has 2 aromatic rings. The third-order valence-corrected chi connectivity index (χ3v) is 3.02. The van der Waals surface area contributed by atoms with Crippen molar-refractivity contribution in [2.45, 2.75) is 12.5 Å². The van der Waals surface area contributed by atoms with Crippen LogP contribution in [0.2, 0.25) is 5.02 Å². The Labute approximate surface area is 126 Å². The first-order valence-electron chi connectivity index (χ1n) is 6.28. The Balaban J connectivity index is 1.87. The maximum Gasteiger partial charge on any atom is 0.241 e. The van der Waals surface area contributed by atoms with Crippen LogP contribution in [0.25, 0.3) is 0 Å². The molecular formula is C15H14ClFN2O2. The third kappa shape index (κ3) is 4.73. The summed E-state index contributed by atoms with van der Waals surface area (Å²) in [5, 5.41) is 10.4. The van der Waals surface area contributed by atoms with Gasteiger partial charge in [0.05, 0.1) is 18.2 Å². The summed E-state index contributed by atoms with van der Waals surface area (Å²) in [5.41, 5.74) is 6.10. The van der Waals surface area contributed by atoms with Crippen LogP contribution in [0.15, 0.2) is 48.5 Å². The van der Waals surface area contributed by atoms with E-state index in [1.165, 1.54) is 18.2 Å². The molecule has 2 aromatic carbocycles. The number of halogens is 2. The van der Waals surface area contributed by atoms with Gasteiger partial charge in [-0.25, -0.2) is 4.39 Å². The molecule has 0 aliphatic heterocycles. The topological polar surface area (TPSA) is 61.4 Å². The molecule has 3 N–H and O–H groups in total. The molecule has 0 spiro atoms. The lowest BCUT2D eigenvalue weighted by molar-refractivity contribution is -0.122. The highest BCUT2D eigenvalue weighted by Gasteiger charge is 2.13. The van der Waals surface area contributed by atoms with Gasteiger partial charge in [0.2, 0.25) is 5.91 Å². The molecule has 4 nitrogen and oxygen atoms in total. The first-order chi connectivity index (χ1) is 10.0. The number of nitrogens with one attached hydrogen (secondary N) is 2. The molecule has 0 saturated carbocycles. The number of aliphatic hydroxyl groups is 1. The van der Waals surface area contributed by atoms with Crippen LogP contribution >= 0.6 is 11.6 Å². The van der Waals surface area contributed by atoms with E-state index in [-0.39, 0.29) is 6.42 Å². The summed E-state index contributed by atoms with van der Waals surface area (Å²) in [6.45, 7) is 0. The van der Waals surface area contributed by atoms with Crippen molar-refractivity contribution in [1.82, 2.24) is 5.43 Å². The quantitative estimate of drug-likeness (QED) is 0.744. The van der Waals surface area contributed by atoms with Gasteiger partial charge < -0.3 is 5.11 Å². The highest BCUT2D eigenvalue weighted by atomic mass is 35.5. The van der Waals surface area contributed by atoms with Gasteiger partial charge in [0.25, 0.3) is 0 Å². The van der Waals surface area contributed by atoms with Crippen LogP contribution in [0.5, 0.6) is 0 Å². The number of hydrogen-bond donors (Lipinski definition) is 3. The average molecular weight is 309 g/mol. The molecule has 0 saturated heterocycles. The Morgan fingerprint density at radius 1 is 1.24 bits per heavy atom. The second kappa shape index (κ2) is 7.06. The van der Waals surface area contributed by atoms with Gasteiger partial charge in [0.15, 0.2) is 0 Å². The third-order valence-electron chi connectivity index (χ3n) is 2.78. The molecule has 0 aliphatic carbocycles. The molecular weight excluding hydrogens is 295 g/mol. The lowest BCUT2D eigenvalue weighted by atomic mass is 10.1. The van der Waals surface area contributed by atoms with E-state index in [0.29, 0.717) is 16.3 Å². The number of hydrazine groups is 1. The minimum absolute atomic E-state index is 0.184. The number of rotatable bonds is 5. The minimum atomic E-state index is -1.07. The number of anilines is 1. The van der Waals surface area contributed by atoms with Gasteiger partial charge in [0, 0.05) is 5.02 Å². The lowest BCUT2D eigenvalue weighted by Gasteiger charge is -2.12. The van der Waals surface area contributed by atoms with Crippen molar-refractivity contribution in [3.63, 3.8) is 0 Å². The Hall–Kier alpha value is -2.11. The van der Waals surface area contributed by atoms with Crippen molar-refractivity contribution in [1.29, 1.82) is 0 Å². The van der Waals surface area contributed by atoms with Crippen LogP contribution in [0, 0.1) is 5.82 Å². The fourth-order valence-electron chi connectivity index (χ4n) is 1.77. The van der Waals surface area contributed by atoms with E-state index in [0.717, 1.165) is 0 Å². The van der Waals surface area contributed by atoms with Crippen LogP contribution in [0.1, 0.15) is 18.1 Å².